The molecule has 0 spiro atoms. The van der Waals surface area contributed by atoms with Gasteiger partial charge in [0, 0.05) is 24.7 Å². The topological polar surface area (TPSA) is 75.0 Å². The van der Waals surface area contributed by atoms with E-state index < -0.39 is 0 Å². The molecule has 1 atom stereocenters. The summed E-state index contributed by atoms with van der Waals surface area (Å²) in [6, 6.07) is 9.84. The van der Waals surface area contributed by atoms with Crippen LogP contribution in [0.2, 0.25) is 0 Å². The summed E-state index contributed by atoms with van der Waals surface area (Å²) in [6.45, 7) is 1.35. The molecule has 1 saturated heterocycles. The Balaban J connectivity index is 1.87. The van der Waals surface area contributed by atoms with Gasteiger partial charge >= 0.3 is 0 Å². The van der Waals surface area contributed by atoms with Crippen molar-refractivity contribution in [3.63, 3.8) is 0 Å². The van der Waals surface area contributed by atoms with E-state index in [2.05, 4.69) is 26.1 Å². The molecule has 0 unspecified atom stereocenters. The van der Waals surface area contributed by atoms with E-state index in [1.54, 1.807) is 4.90 Å². The Morgan fingerprint density at radius 3 is 2.86 bits per heavy atom. The van der Waals surface area contributed by atoms with Crippen LogP contribution >= 0.6 is 15.9 Å². The fraction of sp³-hybridized carbons (Fsp3) is 0.333. The molecule has 1 aliphatic rings. The second kappa shape index (κ2) is 5.99. The number of aromatic amines is 1. The Morgan fingerprint density at radius 2 is 2.14 bits per heavy atom. The van der Waals surface area contributed by atoms with Gasteiger partial charge in [-0.25, -0.2) is 0 Å². The summed E-state index contributed by atoms with van der Waals surface area (Å²) < 4.78 is 0.706. The molecule has 3 rings (SSSR count). The highest BCUT2D eigenvalue weighted by atomic mass is 79.9. The van der Waals surface area contributed by atoms with Crippen molar-refractivity contribution in [2.75, 3.05) is 13.1 Å². The van der Waals surface area contributed by atoms with E-state index in [4.69, 9.17) is 5.73 Å². The lowest BCUT2D eigenvalue weighted by atomic mass is 10.1. The third kappa shape index (κ3) is 2.87. The van der Waals surface area contributed by atoms with Crippen molar-refractivity contribution in [2.24, 2.45) is 5.73 Å². The number of likely N-dealkylation sites (tertiary alicyclic amines) is 1. The predicted molar refractivity (Wildman–Crippen MR) is 84.8 cm³/mol. The van der Waals surface area contributed by atoms with E-state index in [0.29, 0.717) is 16.7 Å². The molecule has 1 fully saturated rings. The molecule has 0 radical (unpaired) electrons. The van der Waals surface area contributed by atoms with Gasteiger partial charge in [0.2, 0.25) is 0 Å². The second-order valence-corrected chi connectivity index (χ2v) is 6.07. The summed E-state index contributed by atoms with van der Waals surface area (Å²) in [5.74, 6) is -0.0493. The van der Waals surface area contributed by atoms with Crippen LogP contribution in [0.3, 0.4) is 0 Å². The number of carbonyl (C=O) groups is 1. The van der Waals surface area contributed by atoms with Gasteiger partial charge < -0.3 is 10.6 Å². The normalized spacial score (nSPS) is 18.8. The first kappa shape index (κ1) is 14.3. The molecule has 5 nitrogen and oxygen atoms in total. The van der Waals surface area contributed by atoms with E-state index in [1.807, 2.05) is 30.3 Å². The summed E-state index contributed by atoms with van der Waals surface area (Å²) in [5, 5.41) is 7.13. The molecule has 21 heavy (non-hydrogen) atoms. The van der Waals surface area contributed by atoms with Crippen LogP contribution in [-0.2, 0) is 0 Å². The van der Waals surface area contributed by atoms with E-state index in [0.717, 1.165) is 30.6 Å². The number of piperidine rings is 1. The molecular weight excluding hydrogens is 332 g/mol. The third-order valence-electron chi connectivity index (χ3n) is 3.71. The largest absolute Gasteiger partial charge is 0.336 e. The number of amides is 1. The maximum atomic E-state index is 12.6. The van der Waals surface area contributed by atoms with Crippen LogP contribution in [0, 0.1) is 0 Å². The molecule has 1 amide bonds. The van der Waals surface area contributed by atoms with Gasteiger partial charge in [-0.3, -0.25) is 9.89 Å². The summed E-state index contributed by atoms with van der Waals surface area (Å²) in [6.07, 6.45) is 1.92. The summed E-state index contributed by atoms with van der Waals surface area (Å²) >= 11 is 3.50. The molecule has 3 N–H and O–H groups in total. The van der Waals surface area contributed by atoms with Crippen molar-refractivity contribution in [1.29, 1.82) is 0 Å². The van der Waals surface area contributed by atoms with Gasteiger partial charge in [0.1, 0.15) is 11.4 Å². The van der Waals surface area contributed by atoms with Crippen LogP contribution in [0.5, 0.6) is 0 Å². The highest BCUT2D eigenvalue weighted by Gasteiger charge is 2.26. The number of H-pyrrole nitrogens is 1. The number of nitrogens with two attached hydrogens (primary N) is 1. The van der Waals surface area contributed by atoms with Gasteiger partial charge in [-0.2, -0.15) is 5.10 Å². The van der Waals surface area contributed by atoms with E-state index in [1.165, 1.54) is 0 Å². The average molecular weight is 349 g/mol. The monoisotopic (exact) mass is 348 g/mol. The Kier molecular flexibility index (Phi) is 4.07. The van der Waals surface area contributed by atoms with Crippen LogP contribution in [0.1, 0.15) is 23.3 Å². The molecule has 1 aromatic carbocycles. The number of carbonyl (C=O) groups excluding carboxylic acids is 1. The molecule has 1 aromatic heterocycles. The lowest BCUT2D eigenvalue weighted by Crippen LogP contribution is -2.45. The number of nitrogens with one attached hydrogen (secondary N) is 1. The van der Waals surface area contributed by atoms with Crippen LogP contribution in [0.4, 0.5) is 0 Å². The van der Waals surface area contributed by atoms with Crippen LogP contribution < -0.4 is 5.73 Å². The van der Waals surface area contributed by atoms with Gasteiger partial charge in [0.15, 0.2) is 0 Å². The maximum Gasteiger partial charge on any atom is 0.273 e. The predicted octanol–water partition coefficient (Wildman–Crippen LogP) is 2.40. The molecule has 0 aliphatic carbocycles. The molecule has 110 valence electrons. The number of halogens is 1. The van der Waals surface area contributed by atoms with E-state index in [9.17, 15) is 4.79 Å². The highest BCUT2D eigenvalue weighted by molar-refractivity contribution is 9.10. The zero-order chi connectivity index (χ0) is 14.8. The van der Waals surface area contributed by atoms with Crippen molar-refractivity contribution in [2.45, 2.75) is 18.9 Å². The number of benzene rings is 1. The zero-order valence-electron chi connectivity index (χ0n) is 11.6. The number of aromatic nitrogens is 2. The molecular formula is C15H17BrN4O. The lowest BCUT2D eigenvalue weighted by Gasteiger charge is -2.30. The van der Waals surface area contributed by atoms with Crippen LogP contribution in [0.25, 0.3) is 11.3 Å². The first-order valence-electron chi connectivity index (χ1n) is 7.01. The van der Waals surface area contributed by atoms with Gasteiger partial charge in [0.05, 0.1) is 4.47 Å². The molecule has 1 aliphatic heterocycles. The fourth-order valence-electron chi connectivity index (χ4n) is 2.61. The number of rotatable bonds is 2. The molecule has 0 saturated carbocycles. The smallest absolute Gasteiger partial charge is 0.273 e. The number of nitrogens with zero attached hydrogens (tertiary/aromatic N) is 2. The van der Waals surface area contributed by atoms with Crippen LogP contribution in [-0.4, -0.2) is 40.1 Å². The number of hydrogen-bond acceptors (Lipinski definition) is 3. The minimum absolute atomic E-state index is 0.0493. The summed E-state index contributed by atoms with van der Waals surface area (Å²) in [5.41, 5.74) is 8.15. The van der Waals surface area contributed by atoms with Gasteiger partial charge in [0.25, 0.3) is 5.91 Å². The molecule has 6 heteroatoms. The quantitative estimate of drug-likeness (QED) is 0.874. The summed E-state index contributed by atoms with van der Waals surface area (Å²) in [7, 11) is 0. The average Bonchev–Trinajstić information content (AvgIpc) is 2.89. The third-order valence-corrected chi connectivity index (χ3v) is 4.49. The Hall–Kier alpha value is -1.66. The van der Waals surface area contributed by atoms with E-state index in [-0.39, 0.29) is 11.9 Å². The maximum absolute atomic E-state index is 12.6. The zero-order valence-corrected chi connectivity index (χ0v) is 13.1. The van der Waals surface area contributed by atoms with E-state index >= 15 is 0 Å². The lowest BCUT2D eigenvalue weighted by molar-refractivity contribution is 0.0702. The Bertz CT molecular complexity index is 640. The molecule has 0 bridgehead atoms. The van der Waals surface area contributed by atoms with Crippen molar-refractivity contribution >= 4 is 21.8 Å². The SMILES string of the molecule is N[C@H]1CCCN(C(=O)c2[nH]nc(-c3ccccc3)c2Br)C1. The molecule has 2 heterocycles. The first-order valence-corrected chi connectivity index (χ1v) is 7.80. The van der Waals surface area contributed by atoms with Gasteiger partial charge in [-0.1, -0.05) is 30.3 Å². The minimum atomic E-state index is -0.0493. The Labute approximate surface area is 131 Å². The Morgan fingerprint density at radius 1 is 1.38 bits per heavy atom. The van der Waals surface area contributed by atoms with Gasteiger partial charge in [-0.05, 0) is 28.8 Å². The van der Waals surface area contributed by atoms with Crippen molar-refractivity contribution in [1.82, 2.24) is 15.1 Å². The first-order chi connectivity index (χ1) is 10.2. The second-order valence-electron chi connectivity index (χ2n) is 5.28. The highest BCUT2D eigenvalue weighted by Crippen LogP contribution is 2.29. The fourth-order valence-corrected chi connectivity index (χ4v) is 3.19. The standard InChI is InChI=1S/C15H17BrN4O/c16-12-13(10-5-2-1-3-6-10)18-19-14(12)15(21)20-8-4-7-11(17)9-20/h1-3,5-6,11H,4,7-9,17H2,(H,18,19)/t11-/m0/s1. The van der Waals surface area contributed by atoms with Crippen molar-refractivity contribution in [3.05, 3.63) is 40.5 Å². The van der Waals surface area contributed by atoms with Gasteiger partial charge in [-0.15, -0.1) is 0 Å². The van der Waals surface area contributed by atoms with Crippen LogP contribution in [0.15, 0.2) is 34.8 Å². The number of hydrogen-bond donors (Lipinski definition) is 2. The van der Waals surface area contributed by atoms with Crippen molar-refractivity contribution in [3.8, 4) is 11.3 Å². The molecule has 2 aromatic rings. The van der Waals surface area contributed by atoms with Crippen molar-refractivity contribution < 1.29 is 4.79 Å². The summed E-state index contributed by atoms with van der Waals surface area (Å²) in [4.78, 5) is 14.4. The minimum Gasteiger partial charge on any atom is -0.336 e.